The van der Waals surface area contributed by atoms with Gasteiger partial charge in [-0.1, -0.05) is 42.3 Å². The number of fused-ring (bicyclic) bond motifs is 1. The minimum atomic E-state index is -0.830. The molecule has 0 bridgehead atoms. The lowest BCUT2D eigenvalue weighted by Crippen LogP contribution is -2.44. The summed E-state index contributed by atoms with van der Waals surface area (Å²) in [5.74, 6) is 1.33. The molecule has 5 aromatic rings. The first kappa shape index (κ1) is 35.5. The predicted molar refractivity (Wildman–Crippen MR) is 198 cm³/mol. The summed E-state index contributed by atoms with van der Waals surface area (Å²) in [6, 6.07) is 19.2. The van der Waals surface area contributed by atoms with E-state index in [9.17, 15) is 15.2 Å². The highest BCUT2D eigenvalue weighted by atomic mass is 35.5. The minimum Gasteiger partial charge on any atom is -0.488 e. The lowest BCUT2D eigenvalue weighted by Gasteiger charge is -2.33. The Morgan fingerprint density at radius 3 is 2.63 bits per heavy atom. The number of aliphatic carboxylic acids is 1. The number of carbonyl (C=O) groups is 1. The number of ether oxygens (including phenoxy) is 2. The summed E-state index contributed by atoms with van der Waals surface area (Å²) in [6.45, 7) is 5.65. The van der Waals surface area contributed by atoms with E-state index in [1.807, 2.05) is 23.1 Å². The van der Waals surface area contributed by atoms with Gasteiger partial charge in [-0.2, -0.15) is 5.26 Å². The molecule has 0 aliphatic carbocycles. The fourth-order valence-electron chi connectivity index (χ4n) is 7.26. The molecule has 1 N–H and O–H groups in total. The zero-order valence-electron chi connectivity index (χ0n) is 29.5. The van der Waals surface area contributed by atoms with Crippen LogP contribution in [0.2, 0.25) is 5.02 Å². The smallest absolute Gasteiger partial charge is 0.320 e. The predicted octanol–water partition coefficient (Wildman–Crippen LogP) is 8.13. The van der Waals surface area contributed by atoms with Crippen LogP contribution >= 0.6 is 11.6 Å². The molecule has 11 heteroatoms. The first-order valence-corrected chi connectivity index (χ1v) is 18.2. The van der Waals surface area contributed by atoms with Gasteiger partial charge in [0.2, 0.25) is 0 Å². The number of nitrogens with zero attached hydrogens (tertiary/aromatic N) is 5. The number of oxazole rings is 1. The summed E-state index contributed by atoms with van der Waals surface area (Å²) in [5, 5.41) is 19.6. The normalized spacial score (nSPS) is 17.2. The van der Waals surface area contributed by atoms with Crippen molar-refractivity contribution < 1.29 is 23.8 Å². The summed E-state index contributed by atoms with van der Waals surface area (Å²) in [4.78, 5) is 25.4. The highest BCUT2D eigenvalue weighted by Gasteiger charge is 2.29. The van der Waals surface area contributed by atoms with Crippen molar-refractivity contribution >= 4 is 28.7 Å². The third kappa shape index (κ3) is 7.92. The first-order valence-electron chi connectivity index (χ1n) is 17.8. The van der Waals surface area contributed by atoms with E-state index in [4.69, 9.17) is 30.5 Å². The van der Waals surface area contributed by atoms with E-state index in [0.29, 0.717) is 47.5 Å². The van der Waals surface area contributed by atoms with Gasteiger partial charge in [0.25, 0.3) is 0 Å². The summed E-state index contributed by atoms with van der Waals surface area (Å²) >= 11 is 6.85. The van der Waals surface area contributed by atoms with Crippen molar-refractivity contribution in [2.75, 3.05) is 26.7 Å². The molecule has 1 atom stereocenters. The van der Waals surface area contributed by atoms with Crippen LogP contribution in [0.5, 0.6) is 11.5 Å². The van der Waals surface area contributed by atoms with Gasteiger partial charge in [0.15, 0.2) is 11.5 Å². The van der Waals surface area contributed by atoms with Crippen LogP contribution in [-0.4, -0.2) is 63.6 Å². The Morgan fingerprint density at radius 1 is 1.00 bits per heavy atom. The van der Waals surface area contributed by atoms with Crippen LogP contribution < -0.4 is 9.47 Å². The average molecular weight is 720 g/mol. The summed E-state index contributed by atoms with van der Waals surface area (Å²) in [6.07, 6.45) is 7.65. The number of aromatic nitrogens is 2. The number of hydrogen-bond acceptors (Lipinski definition) is 9. The van der Waals surface area contributed by atoms with Gasteiger partial charge < -0.3 is 23.9 Å². The van der Waals surface area contributed by atoms with Crippen LogP contribution in [0.25, 0.3) is 22.2 Å². The van der Waals surface area contributed by atoms with E-state index >= 15 is 0 Å². The van der Waals surface area contributed by atoms with Gasteiger partial charge in [-0.15, -0.1) is 0 Å². The quantitative estimate of drug-likeness (QED) is 0.143. The molecule has 268 valence electrons. The fraction of sp³-hybridized carbons (Fsp3) is 0.366. The number of piperidine rings is 2. The number of carboxylic acid groups (broad SMARTS) is 1. The van der Waals surface area contributed by atoms with E-state index in [1.54, 1.807) is 24.4 Å². The molecule has 0 radical (unpaired) electrons. The van der Waals surface area contributed by atoms with E-state index in [0.717, 1.165) is 89.1 Å². The number of pyridine rings is 1. The van der Waals surface area contributed by atoms with Crippen molar-refractivity contribution in [2.24, 2.45) is 0 Å². The first-order chi connectivity index (χ1) is 25.2. The van der Waals surface area contributed by atoms with E-state index in [1.165, 1.54) is 6.20 Å². The van der Waals surface area contributed by atoms with Crippen LogP contribution in [0.15, 0.2) is 71.4 Å². The second-order valence-corrected chi connectivity index (χ2v) is 14.3. The maximum Gasteiger partial charge on any atom is 0.320 e. The van der Waals surface area contributed by atoms with E-state index < -0.39 is 12.0 Å². The van der Waals surface area contributed by atoms with Crippen molar-refractivity contribution in [3.63, 3.8) is 0 Å². The number of benzene rings is 3. The van der Waals surface area contributed by atoms with Crippen LogP contribution in [0, 0.1) is 18.3 Å². The van der Waals surface area contributed by atoms with Gasteiger partial charge in [0, 0.05) is 42.0 Å². The maximum atomic E-state index is 12.1. The SMILES string of the molecule is Cc1c(COc2cc(OCc3cncc(C#N)c3)c(CN3CCCCC3C(=O)O)cc2Cl)cccc1-c1ccc2oc(C3CCN(C)CC3)nc2c1. The van der Waals surface area contributed by atoms with Gasteiger partial charge in [0.1, 0.15) is 42.3 Å². The molecule has 7 rings (SSSR count). The van der Waals surface area contributed by atoms with Gasteiger partial charge in [-0.25, -0.2) is 4.98 Å². The van der Waals surface area contributed by atoms with Crippen LogP contribution in [0.4, 0.5) is 0 Å². The Bertz CT molecular complexity index is 2120. The number of carboxylic acids is 1. The highest BCUT2D eigenvalue weighted by Crippen LogP contribution is 2.37. The molecule has 2 aliphatic rings. The molecule has 4 heterocycles. The largest absolute Gasteiger partial charge is 0.488 e. The van der Waals surface area contributed by atoms with E-state index in [-0.39, 0.29) is 13.2 Å². The zero-order chi connectivity index (χ0) is 36.2. The van der Waals surface area contributed by atoms with Crippen molar-refractivity contribution in [1.29, 1.82) is 5.26 Å². The second kappa shape index (κ2) is 15.7. The molecule has 52 heavy (non-hydrogen) atoms. The Morgan fingerprint density at radius 2 is 1.83 bits per heavy atom. The number of nitriles is 1. The molecule has 2 aliphatic heterocycles. The molecule has 0 amide bonds. The molecular formula is C41H42ClN5O5. The molecule has 3 aromatic carbocycles. The Labute approximate surface area is 308 Å². The summed E-state index contributed by atoms with van der Waals surface area (Å²) in [5.41, 5.74) is 7.83. The Balaban J connectivity index is 1.12. The van der Waals surface area contributed by atoms with Crippen LogP contribution in [0.3, 0.4) is 0 Å². The maximum absolute atomic E-state index is 12.1. The second-order valence-electron chi connectivity index (χ2n) is 13.9. The number of halogens is 1. The van der Waals surface area contributed by atoms with Crippen LogP contribution in [-0.2, 0) is 24.6 Å². The van der Waals surface area contributed by atoms with Gasteiger partial charge >= 0.3 is 5.97 Å². The molecule has 10 nitrogen and oxygen atoms in total. The van der Waals surface area contributed by atoms with Crippen molar-refractivity contribution in [1.82, 2.24) is 19.8 Å². The molecule has 0 spiro atoms. The monoisotopic (exact) mass is 719 g/mol. The molecular weight excluding hydrogens is 678 g/mol. The average Bonchev–Trinajstić information content (AvgIpc) is 3.59. The third-order valence-electron chi connectivity index (χ3n) is 10.3. The molecule has 2 aromatic heterocycles. The molecule has 1 unspecified atom stereocenters. The fourth-order valence-corrected chi connectivity index (χ4v) is 7.50. The highest BCUT2D eigenvalue weighted by molar-refractivity contribution is 6.32. The lowest BCUT2D eigenvalue weighted by molar-refractivity contribution is -0.144. The minimum absolute atomic E-state index is 0.162. The molecule has 2 saturated heterocycles. The van der Waals surface area contributed by atoms with E-state index in [2.05, 4.69) is 48.1 Å². The summed E-state index contributed by atoms with van der Waals surface area (Å²) in [7, 11) is 2.15. The third-order valence-corrected chi connectivity index (χ3v) is 10.6. The Hall–Kier alpha value is -4.95. The van der Waals surface area contributed by atoms with Gasteiger partial charge in [-0.3, -0.25) is 14.7 Å². The van der Waals surface area contributed by atoms with Gasteiger partial charge in [-0.05, 0) is 106 Å². The van der Waals surface area contributed by atoms with Crippen LogP contribution in [0.1, 0.15) is 71.7 Å². The van der Waals surface area contributed by atoms with Crippen molar-refractivity contribution in [3.05, 3.63) is 106 Å². The molecule has 0 saturated carbocycles. The number of hydrogen-bond donors (Lipinski definition) is 1. The lowest BCUT2D eigenvalue weighted by atomic mass is 9.96. The number of rotatable bonds is 11. The van der Waals surface area contributed by atoms with Gasteiger partial charge in [0.05, 0.1) is 10.6 Å². The zero-order valence-corrected chi connectivity index (χ0v) is 30.2. The standard InChI is InChI=1S/C41H42ClN5O5/c1-26-31(6-5-7-33(26)30-9-10-37-35(18-30)45-40(52-37)29-11-14-46(2)15-12-29)25-51-39-19-38(50-24-28-16-27(20-43)21-44-22-28)32(17-34(39)42)23-47-13-4-3-8-36(47)41(48)49/h5-7,9-10,16-19,21-22,29,36H,3-4,8,11-15,23-25H2,1-2H3,(H,48,49). The number of likely N-dealkylation sites (tertiary alicyclic amines) is 2. The topological polar surface area (TPSA) is 125 Å². The summed E-state index contributed by atoms with van der Waals surface area (Å²) < 4.78 is 18.9. The Kier molecular flexibility index (Phi) is 10.7. The molecule has 2 fully saturated rings. The van der Waals surface area contributed by atoms with Crippen molar-refractivity contribution in [3.8, 4) is 28.7 Å². The van der Waals surface area contributed by atoms with Crippen molar-refractivity contribution in [2.45, 2.75) is 70.7 Å².